The predicted molar refractivity (Wildman–Crippen MR) is 81.2 cm³/mol. The van der Waals surface area contributed by atoms with E-state index in [0.717, 1.165) is 10.2 Å². The van der Waals surface area contributed by atoms with Crippen LogP contribution >= 0.6 is 43.5 Å². The molecule has 18 heavy (non-hydrogen) atoms. The molecule has 0 unspecified atom stereocenters. The lowest BCUT2D eigenvalue weighted by atomic mass is 10.2. The Labute approximate surface area is 127 Å². The van der Waals surface area contributed by atoms with Crippen LogP contribution in [0.4, 0.5) is 5.69 Å². The summed E-state index contributed by atoms with van der Waals surface area (Å²) >= 11 is 12.6. The van der Waals surface area contributed by atoms with Gasteiger partial charge in [-0.25, -0.2) is 0 Å². The first-order chi connectivity index (χ1) is 8.58. The molecule has 2 nitrogen and oxygen atoms in total. The highest BCUT2D eigenvalue weighted by atomic mass is 79.9. The number of carbonyl (C=O) groups is 1. The van der Waals surface area contributed by atoms with E-state index in [9.17, 15) is 4.79 Å². The second-order valence-corrected chi connectivity index (χ2v) is 5.68. The van der Waals surface area contributed by atoms with E-state index < -0.39 is 0 Å². The number of amides is 1. The van der Waals surface area contributed by atoms with Crippen LogP contribution in [0.3, 0.4) is 0 Å². The van der Waals surface area contributed by atoms with Gasteiger partial charge in [-0.05, 0) is 62.2 Å². The number of benzene rings is 2. The summed E-state index contributed by atoms with van der Waals surface area (Å²) in [4.78, 5) is 12.0. The van der Waals surface area contributed by atoms with E-state index in [1.165, 1.54) is 0 Å². The van der Waals surface area contributed by atoms with Gasteiger partial charge in [-0.15, -0.1) is 0 Å². The molecule has 0 atom stereocenters. The van der Waals surface area contributed by atoms with Crippen molar-refractivity contribution in [3.63, 3.8) is 0 Å². The van der Waals surface area contributed by atoms with Crippen LogP contribution in [0.15, 0.2) is 51.4 Å². The number of halogens is 3. The lowest BCUT2D eigenvalue weighted by molar-refractivity contribution is 0.102. The Morgan fingerprint density at radius 1 is 1.06 bits per heavy atom. The molecule has 0 aliphatic carbocycles. The third-order valence-electron chi connectivity index (χ3n) is 2.30. The highest BCUT2D eigenvalue weighted by Crippen LogP contribution is 2.25. The first kappa shape index (κ1) is 13.6. The van der Waals surface area contributed by atoms with Crippen molar-refractivity contribution in [3.8, 4) is 0 Å². The topological polar surface area (TPSA) is 29.1 Å². The Morgan fingerprint density at radius 3 is 2.44 bits per heavy atom. The van der Waals surface area contributed by atoms with E-state index in [1.807, 2.05) is 24.3 Å². The molecule has 2 rings (SSSR count). The van der Waals surface area contributed by atoms with Crippen LogP contribution in [-0.2, 0) is 0 Å². The molecular formula is C13H8Br2ClNO. The predicted octanol–water partition coefficient (Wildman–Crippen LogP) is 5.12. The zero-order chi connectivity index (χ0) is 13.1. The lowest BCUT2D eigenvalue weighted by Gasteiger charge is -2.07. The molecule has 0 saturated carbocycles. The van der Waals surface area contributed by atoms with Gasteiger partial charge in [0, 0.05) is 14.5 Å². The number of rotatable bonds is 2. The molecule has 1 amide bonds. The van der Waals surface area contributed by atoms with E-state index in [0.29, 0.717) is 15.1 Å². The SMILES string of the molecule is O=C(Nc1ccccc1Br)c1ccc(Cl)c(Br)c1. The summed E-state index contributed by atoms with van der Waals surface area (Å²) in [7, 11) is 0. The van der Waals surface area contributed by atoms with E-state index >= 15 is 0 Å². The maximum atomic E-state index is 12.0. The average Bonchev–Trinajstić information content (AvgIpc) is 2.35. The Kier molecular flexibility index (Phi) is 4.43. The van der Waals surface area contributed by atoms with Crippen LogP contribution < -0.4 is 5.32 Å². The molecule has 2 aromatic rings. The summed E-state index contributed by atoms with van der Waals surface area (Å²) in [5.74, 6) is -0.181. The third kappa shape index (κ3) is 3.13. The standard InChI is InChI=1S/C13H8Br2ClNO/c14-9-3-1-2-4-12(9)17-13(18)8-5-6-11(16)10(15)7-8/h1-7H,(H,17,18). The molecular weight excluding hydrogens is 381 g/mol. The van der Waals surface area contributed by atoms with Gasteiger partial charge in [0.15, 0.2) is 0 Å². The Bertz CT molecular complexity index is 601. The summed E-state index contributed by atoms with van der Waals surface area (Å²) in [6, 6.07) is 12.5. The molecule has 5 heteroatoms. The minimum Gasteiger partial charge on any atom is -0.321 e. The Morgan fingerprint density at radius 2 is 1.78 bits per heavy atom. The molecule has 92 valence electrons. The lowest BCUT2D eigenvalue weighted by Crippen LogP contribution is -2.12. The Balaban J connectivity index is 2.22. The Hall–Kier alpha value is -0.840. The zero-order valence-corrected chi connectivity index (χ0v) is 13.0. The summed E-state index contributed by atoms with van der Waals surface area (Å²) in [6.07, 6.45) is 0. The molecule has 0 fully saturated rings. The smallest absolute Gasteiger partial charge is 0.255 e. The molecule has 0 aromatic heterocycles. The van der Waals surface area contributed by atoms with Crippen molar-refractivity contribution in [2.75, 3.05) is 5.32 Å². The van der Waals surface area contributed by atoms with Crippen LogP contribution in [0, 0.1) is 0 Å². The zero-order valence-electron chi connectivity index (χ0n) is 9.08. The minimum atomic E-state index is -0.181. The number of hydrogen-bond acceptors (Lipinski definition) is 1. The molecule has 2 aromatic carbocycles. The fourth-order valence-electron chi connectivity index (χ4n) is 1.39. The summed E-state index contributed by atoms with van der Waals surface area (Å²) < 4.78 is 1.54. The van der Waals surface area contributed by atoms with Crippen molar-refractivity contribution < 1.29 is 4.79 Å². The van der Waals surface area contributed by atoms with Gasteiger partial charge in [0.2, 0.25) is 0 Å². The van der Waals surface area contributed by atoms with Crippen molar-refractivity contribution >= 4 is 55.1 Å². The summed E-state index contributed by atoms with van der Waals surface area (Å²) in [5.41, 5.74) is 1.27. The fraction of sp³-hybridized carbons (Fsp3) is 0. The molecule has 0 spiro atoms. The van der Waals surface area contributed by atoms with Crippen molar-refractivity contribution in [1.29, 1.82) is 0 Å². The number of hydrogen-bond donors (Lipinski definition) is 1. The maximum Gasteiger partial charge on any atom is 0.255 e. The van der Waals surface area contributed by atoms with E-state index in [1.54, 1.807) is 18.2 Å². The summed E-state index contributed by atoms with van der Waals surface area (Å²) in [5, 5.41) is 3.40. The second-order valence-electron chi connectivity index (χ2n) is 3.56. The van der Waals surface area contributed by atoms with Crippen LogP contribution in [0.1, 0.15) is 10.4 Å². The van der Waals surface area contributed by atoms with Crippen molar-refractivity contribution in [2.24, 2.45) is 0 Å². The monoisotopic (exact) mass is 387 g/mol. The molecule has 0 aliphatic rings. The van der Waals surface area contributed by atoms with Crippen LogP contribution in [0.2, 0.25) is 5.02 Å². The highest BCUT2D eigenvalue weighted by Gasteiger charge is 2.09. The van der Waals surface area contributed by atoms with E-state index in [-0.39, 0.29) is 5.91 Å². The first-order valence-electron chi connectivity index (χ1n) is 5.09. The quantitative estimate of drug-likeness (QED) is 0.759. The van der Waals surface area contributed by atoms with Gasteiger partial charge < -0.3 is 5.32 Å². The molecule has 0 heterocycles. The van der Waals surface area contributed by atoms with E-state index in [2.05, 4.69) is 37.2 Å². The van der Waals surface area contributed by atoms with Gasteiger partial charge >= 0.3 is 0 Å². The van der Waals surface area contributed by atoms with Crippen molar-refractivity contribution in [3.05, 3.63) is 62.0 Å². The van der Waals surface area contributed by atoms with Gasteiger partial charge in [-0.2, -0.15) is 0 Å². The number of carbonyl (C=O) groups excluding carboxylic acids is 1. The van der Waals surface area contributed by atoms with Crippen LogP contribution in [0.5, 0.6) is 0 Å². The van der Waals surface area contributed by atoms with E-state index in [4.69, 9.17) is 11.6 Å². The highest BCUT2D eigenvalue weighted by molar-refractivity contribution is 9.11. The molecule has 0 aliphatic heterocycles. The first-order valence-corrected chi connectivity index (χ1v) is 7.05. The van der Waals surface area contributed by atoms with Crippen molar-refractivity contribution in [2.45, 2.75) is 0 Å². The second kappa shape index (κ2) is 5.87. The average molecular weight is 389 g/mol. The van der Waals surface area contributed by atoms with Crippen LogP contribution in [0.25, 0.3) is 0 Å². The molecule has 0 saturated heterocycles. The normalized spacial score (nSPS) is 10.2. The molecule has 0 bridgehead atoms. The van der Waals surface area contributed by atoms with Gasteiger partial charge in [-0.3, -0.25) is 4.79 Å². The number of para-hydroxylation sites is 1. The van der Waals surface area contributed by atoms with Gasteiger partial charge in [0.05, 0.1) is 10.7 Å². The van der Waals surface area contributed by atoms with Gasteiger partial charge in [-0.1, -0.05) is 23.7 Å². The maximum absolute atomic E-state index is 12.0. The van der Waals surface area contributed by atoms with Crippen LogP contribution in [-0.4, -0.2) is 5.91 Å². The molecule has 1 N–H and O–H groups in total. The molecule has 0 radical (unpaired) electrons. The number of nitrogens with one attached hydrogen (secondary N) is 1. The van der Waals surface area contributed by atoms with Gasteiger partial charge in [0.1, 0.15) is 0 Å². The largest absolute Gasteiger partial charge is 0.321 e. The summed E-state index contributed by atoms with van der Waals surface area (Å²) in [6.45, 7) is 0. The third-order valence-corrected chi connectivity index (χ3v) is 4.21. The van der Waals surface area contributed by atoms with Gasteiger partial charge in [0.25, 0.3) is 5.91 Å². The number of anilines is 1. The fourth-order valence-corrected chi connectivity index (χ4v) is 2.27. The minimum absolute atomic E-state index is 0.181. The van der Waals surface area contributed by atoms with Crippen molar-refractivity contribution in [1.82, 2.24) is 0 Å².